The maximum absolute atomic E-state index is 12.5. The number of hydrogen-bond donors (Lipinski definition) is 1. The molecule has 1 aromatic heterocycles. The van der Waals surface area contributed by atoms with Crippen LogP contribution in [0.5, 0.6) is 0 Å². The van der Waals surface area contributed by atoms with Crippen LogP contribution in [0.2, 0.25) is 0 Å². The standard InChI is InChI=1S/C11H15BrN4O2S/c1-6(2)16-8(17)11(3-4-11)15(10(16)18)5-7-13-14-9(12)19-7/h6,8,17H,3-5H2,1-2H3. The molecule has 2 heterocycles. The maximum atomic E-state index is 12.5. The highest BCUT2D eigenvalue weighted by molar-refractivity contribution is 9.11. The number of aliphatic hydroxyl groups is 1. The number of nitrogens with zero attached hydrogens (tertiary/aromatic N) is 4. The van der Waals surface area contributed by atoms with E-state index in [-0.39, 0.29) is 12.1 Å². The normalized spacial score (nSPS) is 24.9. The number of amides is 2. The first-order valence-electron chi connectivity index (χ1n) is 6.21. The van der Waals surface area contributed by atoms with Crippen LogP contribution < -0.4 is 0 Å². The Morgan fingerprint density at radius 3 is 2.68 bits per heavy atom. The second-order valence-corrected chi connectivity index (χ2v) is 7.63. The summed E-state index contributed by atoms with van der Waals surface area (Å²) in [7, 11) is 0. The van der Waals surface area contributed by atoms with Gasteiger partial charge < -0.3 is 10.0 Å². The SMILES string of the molecule is CC(C)N1C(=O)N(Cc2nnc(Br)s2)C2(CC2)C1O. The molecular weight excluding hydrogens is 332 g/mol. The molecule has 104 valence electrons. The van der Waals surface area contributed by atoms with E-state index >= 15 is 0 Å². The average molecular weight is 347 g/mol. The van der Waals surface area contributed by atoms with Gasteiger partial charge in [0.05, 0.1) is 12.1 Å². The zero-order valence-corrected chi connectivity index (χ0v) is 13.1. The van der Waals surface area contributed by atoms with Gasteiger partial charge in [-0.05, 0) is 42.6 Å². The molecule has 0 radical (unpaired) electrons. The van der Waals surface area contributed by atoms with Crippen LogP contribution in [-0.4, -0.2) is 48.9 Å². The summed E-state index contributed by atoms with van der Waals surface area (Å²) < 4.78 is 0.709. The molecule has 1 atom stereocenters. The second-order valence-electron chi connectivity index (χ2n) is 5.30. The van der Waals surface area contributed by atoms with Crippen molar-refractivity contribution < 1.29 is 9.90 Å². The van der Waals surface area contributed by atoms with E-state index in [0.29, 0.717) is 10.5 Å². The molecule has 2 aliphatic rings. The van der Waals surface area contributed by atoms with Gasteiger partial charge in [0.2, 0.25) is 0 Å². The van der Waals surface area contributed by atoms with Gasteiger partial charge in [-0.15, -0.1) is 10.2 Å². The molecule has 8 heteroatoms. The number of aliphatic hydroxyl groups excluding tert-OH is 1. The summed E-state index contributed by atoms with van der Waals surface area (Å²) in [4.78, 5) is 15.8. The van der Waals surface area contributed by atoms with E-state index in [1.54, 1.807) is 9.80 Å². The molecule has 3 rings (SSSR count). The number of urea groups is 1. The van der Waals surface area contributed by atoms with Crippen molar-refractivity contribution in [3.8, 4) is 0 Å². The Labute approximate surface area is 123 Å². The van der Waals surface area contributed by atoms with Gasteiger partial charge in [0.15, 0.2) is 10.1 Å². The minimum absolute atomic E-state index is 0.00821. The first-order chi connectivity index (χ1) is 8.95. The van der Waals surface area contributed by atoms with Gasteiger partial charge in [-0.2, -0.15) is 0 Å². The summed E-state index contributed by atoms with van der Waals surface area (Å²) in [6, 6.07) is -0.113. The highest BCUT2D eigenvalue weighted by Crippen LogP contribution is 2.51. The molecule has 1 aliphatic carbocycles. The lowest BCUT2D eigenvalue weighted by Crippen LogP contribution is -2.41. The Hall–Kier alpha value is -0.730. The van der Waals surface area contributed by atoms with Crippen LogP contribution in [0.3, 0.4) is 0 Å². The molecule has 2 fully saturated rings. The van der Waals surface area contributed by atoms with Crippen molar-refractivity contribution in [3.63, 3.8) is 0 Å². The van der Waals surface area contributed by atoms with Crippen molar-refractivity contribution in [2.24, 2.45) is 0 Å². The largest absolute Gasteiger partial charge is 0.371 e. The molecule has 19 heavy (non-hydrogen) atoms. The average Bonchev–Trinajstić information content (AvgIpc) is 2.99. The van der Waals surface area contributed by atoms with E-state index in [1.165, 1.54) is 11.3 Å². The Balaban J connectivity index is 1.86. The first kappa shape index (κ1) is 13.3. The summed E-state index contributed by atoms with van der Waals surface area (Å²) in [5.41, 5.74) is -0.403. The molecule has 1 N–H and O–H groups in total. The fraction of sp³-hybridized carbons (Fsp3) is 0.727. The molecule has 1 aromatic rings. The van der Waals surface area contributed by atoms with Crippen molar-refractivity contribution in [2.75, 3.05) is 0 Å². The van der Waals surface area contributed by atoms with Gasteiger partial charge in [0.1, 0.15) is 5.01 Å². The van der Waals surface area contributed by atoms with E-state index in [9.17, 15) is 9.90 Å². The predicted octanol–water partition coefficient (Wildman–Crippen LogP) is 1.80. The summed E-state index contributed by atoms with van der Waals surface area (Å²) in [5.74, 6) is 0. The molecule has 1 spiro atoms. The van der Waals surface area contributed by atoms with Gasteiger partial charge >= 0.3 is 6.03 Å². The molecule has 6 nitrogen and oxygen atoms in total. The Kier molecular flexibility index (Phi) is 3.06. The fourth-order valence-electron chi connectivity index (χ4n) is 2.65. The fourth-order valence-corrected chi connectivity index (χ4v) is 3.84. The lowest BCUT2D eigenvalue weighted by Gasteiger charge is -2.24. The number of carbonyl (C=O) groups is 1. The molecule has 1 aliphatic heterocycles. The smallest absolute Gasteiger partial charge is 0.323 e. The van der Waals surface area contributed by atoms with Crippen molar-refractivity contribution in [1.29, 1.82) is 0 Å². The quantitative estimate of drug-likeness (QED) is 0.905. The van der Waals surface area contributed by atoms with E-state index in [0.717, 1.165) is 17.8 Å². The van der Waals surface area contributed by atoms with E-state index < -0.39 is 11.8 Å². The predicted molar refractivity (Wildman–Crippen MR) is 73.5 cm³/mol. The van der Waals surface area contributed by atoms with Crippen LogP contribution in [-0.2, 0) is 6.54 Å². The lowest BCUT2D eigenvalue weighted by molar-refractivity contribution is 0.00813. The van der Waals surface area contributed by atoms with Crippen molar-refractivity contribution >= 4 is 33.3 Å². The van der Waals surface area contributed by atoms with Crippen molar-refractivity contribution in [2.45, 2.75) is 51.0 Å². The van der Waals surface area contributed by atoms with Crippen LogP contribution in [0.4, 0.5) is 4.79 Å². The Morgan fingerprint density at radius 1 is 1.53 bits per heavy atom. The monoisotopic (exact) mass is 346 g/mol. The zero-order chi connectivity index (χ0) is 13.8. The van der Waals surface area contributed by atoms with E-state index in [1.807, 2.05) is 13.8 Å². The summed E-state index contributed by atoms with van der Waals surface area (Å²) in [5, 5.41) is 19.1. The molecule has 1 unspecified atom stereocenters. The van der Waals surface area contributed by atoms with Crippen LogP contribution in [0.15, 0.2) is 3.92 Å². The topological polar surface area (TPSA) is 69.6 Å². The Morgan fingerprint density at radius 2 is 2.21 bits per heavy atom. The molecule has 0 aromatic carbocycles. The maximum Gasteiger partial charge on any atom is 0.323 e. The zero-order valence-electron chi connectivity index (χ0n) is 10.7. The van der Waals surface area contributed by atoms with Gasteiger partial charge in [0.25, 0.3) is 0 Å². The van der Waals surface area contributed by atoms with Crippen LogP contribution in [0.25, 0.3) is 0 Å². The van der Waals surface area contributed by atoms with E-state index in [2.05, 4.69) is 26.1 Å². The molecule has 2 amide bonds. The van der Waals surface area contributed by atoms with Gasteiger partial charge in [-0.3, -0.25) is 4.90 Å². The van der Waals surface area contributed by atoms with Gasteiger partial charge in [0, 0.05) is 6.04 Å². The van der Waals surface area contributed by atoms with E-state index in [4.69, 9.17) is 0 Å². The van der Waals surface area contributed by atoms with Crippen LogP contribution in [0, 0.1) is 0 Å². The molecule has 1 saturated heterocycles. The van der Waals surface area contributed by atoms with Crippen LogP contribution >= 0.6 is 27.3 Å². The van der Waals surface area contributed by atoms with Gasteiger partial charge in [-0.25, -0.2) is 4.79 Å². The first-order valence-corrected chi connectivity index (χ1v) is 7.82. The molecular formula is C11H15BrN4O2S. The second kappa shape index (κ2) is 4.39. The summed E-state index contributed by atoms with van der Waals surface area (Å²) >= 11 is 4.69. The highest BCUT2D eigenvalue weighted by Gasteiger charge is 2.64. The highest BCUT2D eigenvalue weighted by atomic mass is 79.9. The van der Waals surface area contributed by atoms with Crippen LogP contribution in [0.1, 0.15) is 31.7 Å². The molecule has 0 bridgehead atoms. The third kappa shape index (κ3) is 1.96. The summed E-state index contributed by atoms with van der Waals surface area (Å²) in [6.07, 6.45) is 0.989. The molecule has 1 saturated carbocycles. The minimum Gasteiger partial charge on any atom is -0.371 e. The number of aromatic nitrogens is 2. The minimum atomic E-state index is -0.712. The number of hydrogen-bond acceptors (Lipinski definition) is 5. The lowest BCUT2D eigenvalue weighted by atomic mass is 10.2. The Bertz CT molecular complexity index is 517. The van der Waals surface area contributed by atoms with Gasteiger partial charge in [-0.1, -0.05) is 11.3 Å². The third-order valence-electron chi connectivity index (χ3n) is 3.79. The third-order valence-corrected chi connectivity index (χ3v) is 5.13. The van der Waals surface area contributed by atoms with Crippen molar-refractivity contribution in [1.82, 2.24) is 20.0 Å². The number of halogens is 1. The summed E-state index contributed by atoms with van der Waals surface area (Å²) in [6.45, 7) is 4.26. The number of rotatable bonds is 3. The van der Waals surface area contributed by atoms with Crippen molar-refractivity contribution in [3.05, 3.63) is 8.92 Å². The number of carbonyl (C=O) groups excluding carboxylic acids is 1.